The highest BCUT2D eigenvalue weighted by Crippen LogP contribution is 2.38. The van der Waals surface area contributed by atoms with Crippen LogP contribution in [0.1, 0.15) is 18.1 Å². The van der Waals surface area contributed by atoms with Gasteiger partial charge in [0.25, 0.3) is 5.56 Å². The average molecular weight is 586 g/mol. The van der Waals surface area contributed by atoms with Crippen molar-refractivity contribution in [1.82, 2.24) is 19.4 Å². The molecule has 2 heterocycles. The number of methoxy groups -OCH3 is 2. The lowest BCUT2D eigenvalue weighted by atomic mass is 10.1. The third-order valence-electron chi connectivity index (χ3n) is 7.12. The predicted octanol–water partition coefficient (Wildman–Crippen LogP) is 4.53. The minimum atomic E-state index is -0.343. The van der Waals surface area contributed by atoms with Crippen molar-refractivity contribution in [2.45, 2.75) is 20.3 Å². The number of pyridine rings is 1. The maximum Gasteiger partial charge on any atom is 0.257 e. The molecular formula is C32H39N7O4. The van der Waals surface area contributed by atoms with Crippen molar-refractivity contribution >= 4 is 40.0 Å². The number of carbonyl (C=O) groups is 1. The molecule has 2 aromatic heterocycles. The van der Waals surface area contributed by atoms with E-state index in [2.05, 4.69) is 27.1 Å². The Morgan fingerprint density at radius 3 is 2.47 bits per heavy atom. The molecule has 4 aromatic rings. The minimum absolute atomic E-state index is 0.220. The molecule has 0 atom stereocenters. The van der Waals surface area contributed by atoms with E-state index in [1.807, 2.05) is 64.2 Å². The predicted molar refractivity (Wildman–Crippen MR) is 173 cm³/mol. The molecule has 1 amide bonds. The van der Waals surface area contributed by atoms with Gasteiger partial charge in [0.15, 0.2) is 5.65 Å². The fourth-order valence-corrected chi connectivity index (χ4v) is 4.68. The quantitative estimate of drug-likeness (QED) is 0.232. The van der Waals surface area contributed by atoms with Gasteiger partial charge in [-0.1, -0.05) is 13.5 Å². The molecule has 0 aliphatic rings. The van der Waals surface area contributed by atoms with Crippen molar-refractivity contribution in [2.24, 2.45) is 0 Å². The fraction of sp³-hybridized carbons (Fsp3) is 0.312. The van der Waals surface area contributed by atoms with E-state index in [4.69, 9.17) is 14.5 Å². The molecule has 0 aliphatic carbocycles. The van der Waals surface area contributed by atoms with E-state index in [1.165, 1.54) is 6.08 Å². The molecule has 0 fully saturated rings. The first kappa shape index (κ1) is 31.0. The summed E-state index contributed by atoms with van der Waals surface area (Å²) < 4.78 is 12.8. The Hall–Kier alpha value is -4.90. The maximum atomic E-state index is 13.4. The van der Waals surface area contributed by atoms with Crippen molar-refractivity contribution in [3.05, 3.63) is 76.7 Å². The first-order chi connectivity index (χ1) is 20.6. The third kappa shape index (κ3) is 6.95. The molecule has 0 aliphatic heterocycles. The van der Waals surface area contributed by atoms with Crippen LogP contribution in [0.4, 0.5) is 23.0 Å². The molecule has 11 nitrogen and oxygen atoms in total. The number of nitrogens with one attached hydrogen (secondary N) is 2. The minimum Gasteiger partial charge on any atom is -0.497 e. The number of hydrogen-bond donors (Lipinski definition) is 2. The summed E-state index contributed by atoms with van der Waals surface area (Å²) in [5.41, 5.74) is 4.52. The number of hydrogen-bond acceptors (Lipinski definition) is 9. The highest BCUT2D eigenvalue weighted by atomic mass is 16.5. The number of ether oxygens (including phenoxy) is 2. The number of amides is 1. The van der Waals surface area contributed by atoms with Gasteiger partial charge in [-0.25, -0.2) is 4.98 Å². The van der Waals surface area contributed by atoms with Crippen molar-refractivity contribution in [2.75, 3.05) is 64.0 Å². The van der Waals surface area contributed by atoms with E-state index in [0.29, 0.717) is 40.8 Å². The van der Waals surface area contributed by atoms with E-state index < -0.39 is 0 Å². The Kier molecular flexibility index (Phi) is 9.66. The Morgan fingerprint density at radius 2 is 1.81 bits per heavy atom. The molecule has 0 unspecified atom stereocenters. The zero-order valence-corrected chi connectivity index (χ0v) is 25.8. The van der Waals surface area contributed by atoms with Gasteiger partial charge in [0.2, 0.25) is 11.9 Å². The highest BCUT2D eigenvalue weighted by Gasteiger charge is 2.18. The number of fused-ring (bicyclic) bond motifs is 1. The summed E-state index contributed by atoms with van der Waals surface area (Å²) in [4.78, 5) is 39.2. The van der Waals surface area contributed by atoms with E-state index in [9.17, 15) is 9.59 Å². The van der Waals surface area contributed by atoms with Crippen LogP contribution in [0.25, 0.3) is 16.7 Å². The molecule has 0 spiro atoms. The molecule has 43 heavy (non-hydrogen) atoms. The third-order valence-corrected chi connectivity index (χ3v) is 7.12. The van der Waals surface area contributed by atoms with Gasteiger partial charge in [-0.05, 0) is 62.8 Å². The Labute approximate surface area is 251 Å². The average Bonchev–Trinajstić information content (AvgIpc) is 2.99. The highest BCUT2D eigenvalue weighted by molar-refractivity contribution is 6.02. The second kappa shape index (κ2) is 13.4. The van der Waals surface area contributed by atoms with Gasteiger partial charge in [0.1, 0.15) is 11.5 Å². The number of likely N-dealkylation sites (N-methyl/N-ethyl adjacent to an activating group) is 2. The smallest absolute Gasteiger partial charge is 0.257 e. The Balaban J connectivity index is 1.84. The van der Waals surface area contributed by atoms with Crippen LogP contribution < -0.4 is 30.6 Å². The number of aromatic nitrogens is 3. The summed E-state index contributed by atoms with van der Waals surface area (Å²) in [6.07, 6.45) is 3.68. The van der Waals surface area contributed by atoms with E-state index in [0.717, 1.165) is 35.2 Å². The summed E-state index contributed by atoms with van der Waals surface area (Å²) in [5.74, 6) is 1.08. The lowest BCUT2D eigenvalue weighted by Gasteiger charge is -2.26. The topological polar surface area (TPSA) is 114 Å². The van der Waals surface area contributed by atoms with E-state index in [1.54, 1.807) is 37.1 Å². The molecule has 0 saturated carbocycles. The van der Waals surface area contributed by atoms with Gasteiger partial charge in [-0.15, -0.1) is 0 Å². The largest absolute Gasteiger partial charge is 0.497 e. The molecule has 226 valence electrons. The normalized spacial score (nSPS) is 11.0. The van der Waals surface area contributed by atoms with Crippen LogP contribution >= 0.6 is 0 Å². The fourth-order valence-electron chi connectivity index (χ4n) is 4.68. The number of nitrogens with zero attached hydrogens (tertiary/aromatic N) is 5. The first-order valence-electron chi connectivity index (χ1n) is 13.9. The van der Waals surface area contributed by atoms with Crippen molar-refractivity contribution < 1.29 is 14.3 Å². The molecule has 0 bridgehead atoms. The lowest BCUT2D eigenvalue weighted by molar-refractivity contribution is -0.111. The van der Waals surface area contributed by atoms with Crippen molar-refractivity contribution in [3.8, 4) is 17.2 Å². The number of anilines is 4. The van der Waals surface area contributed by atoms with Crippen LogP contribution in [0.2, 0.25) is 0 Å². The van der Waals surface area contributed by atoms with Crippen LogP contribution in [-0.2, 0) is 11.2 Å². The lowest BCUT2D eigenvalue weighted by Crippen LogP contribution is -2.29. The van der Waals surface area contributed by atoms with Crippen LogP contribution in [0.5, 0.6) is 11.5 Å². The Bertz CT molecular complexity index is 1690. The van der Waals surface area contributed by atoms with Gasteiger partial charge in [-0.3, -0.25) is 14.2 Å². The molecule has 11 heteroatoms. The van der Waals surface area contributed by atoms with E-state index in [-0.39, 0.29) is 17.4 Å². The number of rotatable bonds is 12. The van der Waals surface area contributed by atoms with Gasteiger partial charge in [0, 0.05) is 49.9 Å². The molecule has 4 rings (SSSR count). The van der Waals surface area contributed by atoms with Gasteiger partial charge in [-0.2, -0.15) is 4.98 Å². The van der Waals surface area contributed by atoms with Crippen LogP contribution in [0, 0.1) is 6.92 Å². The van der Waals surface area contributed by atoms with E-state index >= 15 is 0 Å². The van der Waals surface area contributed by atoms with Crippen LogP contribution in [0.3, 0.4) is 0 Å². The summed E-state index contributed by atoms with van der Waals surface area (Å²) in [7, 11) is 9.13. The number of benzene rings is 2. The molecular weight excluding hydrogens is 546 g/mol. The Morgan fingerprint density at radius 1 is 1.05 bits per heavy atom. The SMILES string of the molecule is C=CC(=O)Nc1cc(Nc2ncc3c(C)cc(=O)n(-c4cc(CC)cc(OC)c4)c3n2)c(OC)cc1N(C)CCN(C)C. The molecule has 0 saturated heterocycles. The second-order valence-electron chi connectivity index (χ2n) is 10.4. The molecule has 2 N–H and O–H groups in total. The van der Waals surface area contributed by atoms with Gasteiger partial charge < -0.3 is 29.9 Å². The summed E-state index contributed by atoms with van der Waals surface area (Å²) >= 11 is 0. The van der Waals surface area contributed by atoms with Crippen molar-refractivity contribution in [3.63, 3.8) is 0 Å². The summed E-state index contributed by atoms with van der Waals surface area (Å²) in [6, 6.07) is 10.9. The zero-order chi connectivity index (χ0) is 31.3. The number of carbonyl (C=O) groups excluding carboxylic acids is 1. The van der Waals surface area contributed by atoms with Gasteiger partial charge in [0.05, 0.1) is 37.0 Å². The monoisotopic (exact) mass is 585 g/mol. The summed E-state index contributed by atoms with van der Waals surface area (Å²) in [6.45, 7) is 9.02. The van der Waals surface area contributed by atoms with Crippen LogP contribution in [-0.4, -0.2) is 73.8 Å². The second-order valence-corrected chi connectivity index (χ2v) is 10.4. The van der Waals surface area contributed by atoms with Gasteiger partial charge >= 0.3 is 0 Å². The van der Waals surface area contributed by atoms with Crippen LogP contribution in [0.15, 0.2) is 60.0 Å². The standard InChI is InChI=1S/C32H39N7O4/c1-9-21-14-22(16-23(15-21)42-7)39-30(41)13-20(3)24-19-33-32(36-31(24)39)35-26-17-25(34-29(40)10-2)27(18-28(26)43-8)38(6)12-11-37(4)5/h10,13-19H,2,9,11-12H2,1,3-8H3,(H,34,40)(H,33,35,36). The molecule has 0 radical (unpaired) electrons. The maximum absolute atomic E-state index is 13.4. The number of aryl methyl sites for hydroxylation is 2. The first-order valence-corrected chi connectivity index (χ1v) is 13.9. The summed E-state index contributed by atoms with van der Waals surface area (Å²) in [5, 5.41) is 6.86. The van der Waals surface area contributed by atoms with Crippen molar-refractivity contribution in [1.29, 1.82) is 0 Å². The zero-order valence-electron chi connectivity index (χ0n) is 25.8. The molecule has 2 aromatic carbocycles.